The zero-order chi connectivity index (χ0) is 10.6. The van der Waals surface area contributed by atoms with E-state index in [9.17, 15) is 0 Å². The van der Waals surface area contributed by atoms with E-state index in [2.05, 4.69) is 51.2 Å². The summed E-state index contributed by atoms with van der Waals surface area (Å²) >= 11 is 1.94. The third kappa shape index (κ3) is 1.42. The molecule has 0 nitrogen and oxygen atoms in total. The summed E-state index contributed by atoms with van der Waals surface area (Å²) in [5, 5.41) is 1.51. The van der Waals surface area contributed by atoms with Crippen molar-refractivity contribution in [1.82, 2.24) is 0 Å². The summed E-state index contributed by atoms with van der Waals surface area (Å²) in [5.74, 6) is 0.616. The van der Waals surface area contributed by atoms with Crippen LogP contribution in [0.2, 0.25) is 0 Å². The van der Waals surface area contributed by atoms with Gasteiger partial charge in [-0.25, -0.2) is 12.2 Å². The van der Waals surface area contributed by atoms with Gasteiger partial charge in [0.25, 0.3) is 0 Å². The molecule has 0 amide bonds. The fraction of sp³-hybridized carbons (Fsp3) is 0.357. The van der Waals surface area contributed by atoms with E-state index in [-0.39, 0.29) is 24.3 Å². The van der Waals surface area contributed by atoms with Gasteiger partial charge in [0, 0.05) is 0 Å². The number of thioether (sulfide) groups is 1. The van der Waals surface area contributed by atoms with Gasteiger partial charge in [-0.15, -0.1) is 10.8 Å². The largest absolute Gasteiger partial charge is 1.00 e. The van der Waals surface area contributed by atoms with Crippen LogP contribution in [0, 0.1) is 16.6 Å². The maximum absolute atomic E-state index is 2.38. The minimum Gasteiger partial charge on any atom is -0.214 e. The van der Waals surface area contributed by atoms with Crippen LogP contribution in [0.1, 0.15) is 20.8 Å². The van der Waals surface area contributed by atoms with Gasteiger partial charge in [-0.05, 0) is 21.8 Å². The Balaban J connectivity index is 0.000000963. The molecule has 0 spiro atoms. The number of hydrogen-bond acceptors (Lipinski definition) is 1. The molecule has 3 aliphatic rings. The molecule has 1 aliphatic heterocycles. The molecule has 16 heavy (non-hydrogen) atoms. The van der Waals surface area contributed by atoms with E-state index in [1.165, 1.54) is 21.3 Å². The van der Waals surface area contributed by atoms with E-state index in [0.717, 1.165) is 0 Å². The van der Waals surface area contributed by atoms with Gasteiger partial charge in [0.15, 0.2) is 0 Å². The predicted octanol–water partition coefficient (Wildman–Crippen LogP) is 1.25. The number of rotatable bonds is 1. The van der Waals surface area contributed by atoms with Crippen molar-refractivity contribution >= 4 is 11.8 Å². The smallest absolute Gasteiger partial charge is 0.214 e. The second-order valence-corrected chi connectivity index (χ2v) is 5.96. The summed E-state index contributed by atoms with van der Waals surface area (Å²) in [6.45, 7) is 6.86. The maximum atomic E-state index is 2.38. The van der Waals surface area contributed by atoms with Crippen molar-refractivity contribution in [3.8, 4) is 0 Å². The molecule has 0 N–H and O–H groups in total. The van der Waals surface area contributed by atoms with Gasteiger partial charge < -0.3 is 0 Å². The van der Waals surface area contributed by atoms with E-state index in [0.29, 0.717) is 5.92 Å². The number of hydrogen-bond donors (Lipinski definition) is 0. The molecule has 0 aromatic heterocycles. The average molecular weight is 222 g/mol. The van der Waals surface area contributed by atoms with Crippen LogP contribution in [-0.2, 0) is 0 Å². The molecule has 3 rings (SSSR count). The van der Waals surface area contributed by atoms with E-state index >= 15 is 0 Å². The first-order valence-electron chi connectivity index (χ1n) is 5.50. The molecule has 1 unspecified atom stereocenters. The van der Waals surface area contributed by atoms with Gasteiger partial charge >= 0.3 is 18.9 Å². The fourth-order valence-corrected chi connectivity index (χ4v) is 3.63. The van der Waals surface area contributed by atoms with Gasteiger partial charge in [0.1, 0.15) is 0 Å². The van der Waals surface area contributed by atoms with Crippen molar-refractivity contribution in [2.45, 2.75) is 20.8 Å². The topological polar surface area (TPSA) is 0 Å². The Kier molecular flexibility index (Phi) is 2.99. The molecular weight excluding hydrogens is 207 g/mol. The molecule has 78 valence electrons. The Hall–Kier alpha value is -0.223. The minimum atomic E-state index is 0. The Morgan fingerprint density at radius 3 is 2.75 bits per heavy atom. The first kappa shape index (κ1) is 12.2. The zero-order valence-corrected chi connectivity index (χ0v) is 11.2. The molecule has 0 aromatic rings. The molecule has 0 aromatic carbocycles. The predicted molar refractivity (Wildman–Crippen MR) is 67.2 cm³/mol. The van der Waals surface area contributed by atoms with Crippen LogP contribution in [-0.4, -0.2) is 0 Å². The Bertz CT molecular complexity index is 437. The van der Waals surface area contributed by atoms with E-state index < -0.39 is 0 Å². The average Bonchev–Trinajstić information content (AvgIpc) is 2.38. The van der Waals surface area contributed by atoms with Crippen LogP contribution in [0.5, 0.6) is 0 Å². The monoisotopic (exact) mass is 222 g/mol. The molecule has 0 saturated carbocycles. The van der Waals surface area contributed by atoms with Crippen LogP contribution in [0.4, 0.5) is 0 Å². The van der Waals surface area contributed by atoms with Crippen molar-refractivity contribution in [2.75, 3.05) is 0 Å². The van der Waals surface area contributed by atoms with Crippen molar-refractivity contribution < 1.29 is 18.9 Å². The molecule has 2 aliphatic carbocycles. The molecule has 2 heteroatoms. The van der Waals surface area contributed by atoms with Gasteiger partial charge in [-0.2, -0.15) is 11.8 Å². The van der Waals surface area contributed by atoms with Crippen molar-refractivity contribution in [3.63, 3.8) is 0 Å². The number of allylic oxidation sites excluding steroid dienone is 7. The molecule has 1 heterocycles. The first-order valence-corrected chi connectivity index (χ1v) is 6.32. The first-order chi connectivity index (χ1) is 7.12. The molecule has 0 radical (unpaired) electrons. The third-order valence-electron chi connectivity index (χ3n) is 3.62. The van der Waals surface area contributed by atoms with Crippen LogP contribution in [0.15, 0.2) is 46.4 Å². The summed E-state index contributed by atoms with van der Waals surface area (Å²) in [7, 11) is 0. The summed E-state index contributed by atoms with van der Waals surface area (Å²) in [5.41, 5.74) is 3.14. The van der Waals surface area contributed by atoms with Gasteiger partial charge in [-0.1, -0.05) is 39.0 Å². The van der Waals surface area contributed by atoms with E-state index in [1.807, 2.05) is 11.8 Å². The maximum Gasteiger partial charge on any atom is 1.00 e. The molecule has 1 fully saturated rings. The van der Waals surface area contributed by atoms with Crippen LogP contribution in [0.3, 0.4) is 0 Å². The Morgan fingerprint density at radius 2 is 2.06 bits per heavy atom. The molecule has 1 atom stereocenters. The summed E-state index contributed by atoms with van der Waals surface area (Å²) < 4.78 is 0. The van der Waals surface area contributed by atoms with Gasteiger partial charge in [-0.3, -0.25) is 0 Å². The second kappa shape index (κ2) is 3.91. The Morgan fingerprint density at radius 1 is 1.31 bits per heavy atom. The van der Waals surface area contributed by atoms with Crippen LogP contribution < -0.4 is 18.9 Å². The summed E-state index contributed by atoms with van der Waals surface area (Å²) in [6, 6.07) is 0. The van der Waals surface area contributed by atoms with Crippen molar-refractivity contribution in [1.29, 1.82) is 0 Å². The van der Waals surface area contributed by atoms with Crippen molar-refractivity contribution in [2.24, 2.45) is 11.3 Å². The normalized spacial score (nSPS) is 29.8. The van der Waals surface area contributed by atoms with E-state index in [1.54, 1.807) is 0 Å². The molecular formula is C14H15LiS. The van der Waals surface area contributed by atoms with Crippen LogP contribution in [0.25, 0.3) is 0 Å². The van der Waals surface area contributed by atoms with E-state index in [4.69, 9.17) is 0 Å². The standard InChI is InChI=1S/C14H15S.Li/c1-9(2)10-4-5-11-6-7-12-14(11,3)13(8-10)15-12;/h4-9H,1-3H3;/q-1;+1. The van der Waals surface area contributed by atoms with Crippen molar-refractivity contribution in [3.05, 3.63) is 51.7 Å². The summed E-state index contributed by atoms with van der Waals surface area (Å²) in [6.07, 6.45) is 11.5. The molecule has 0 bridgehead atoms. The Labute approximate surface area is 114 Å². The minimum absolute atomic E-state index is 0. The SMILES string of the molecule is CC(C)C1=CC=C2C=C[C-]3SC(=C1)C23C.[Li+]. The zero-order valence-electron chi connectivity index (χ0n) is 10.4. The second-order valence-electron chi connectivity index (χ2n) is 4.88. The summed E-state index contributed by atoms with van der Waals surface area (Å²) in [4.78, 5) is 1.52. The van der Waals surface area contributed by atoms with Crippen LogP contribution >= 0.6 is 11.8 Å². The molecule has 1 saturated heterocycles. The van der Waals surface area contributed by atoms with Gasteiger partial charge in [0.05, 0.1) is 0 Å². The third-order valence-corrected chi connectivity index (χ3v) is 5.13. The van der Waals surface area contributed by atoms with Gasteiger partial charge in [0.2, 0.25) is 0 Å². The fourth-order valence-electron chi connectivity index (χ4n) is 2.36. The quantitative estimate of drug-likeness (QED) is 0.475.